The summed E-state index contributed by atoms with van der Waals surface area (Å²) < 4.78 is 2.02. The number of hydrogen-bond acceptors (Lipinski definition) is 4. The van der Waals surface area contributed by atoms with Gasteiger partial charge in [0.25, 0.3) is 5.91 Å². The SMILES string of the molecule is Nc1ncc(-c2cnn(C3CCN(C(=O)c4ccccc4)CC3)c2)cc1-c1ccc(-c2ccc(Cl)cc2)[nH]1. The molecule has 190 valence electrons. The van der Waals surface area contributed by atoms with Gasteiger partial charge in [-0.25, -0.2) is 4.98 Å². The van der Waals surface area contributed by atoms with Crippen molar-refractivity contribution in [2.75, 3.05) is 18.8 Å². The maximum atomic E-state index is 12.8. The number of aromatic nitrogens is 4. The zero-order valence-corrected chi connectivity index (χ0v) is 21.5. The van der Waals surface area contributed by atoms with Gasteiger partial charge >= 0.3 is 0 Å². The van der Waals surface area contributed by atoms with E-state index in [9.17, 15) is 4.79 Å². The summed E-state index contributed by atoms with van der Waals surface area (Å²) >= 11 is 6.03. The van der Waals surface area contributed by atoms with Crippen LogP contribution in [0.4, 0.5) is 5.82 Å². The number of piperidine rings is 1. The number of nitrogens with zero attached hydrogens (tertiary/aromatic N) is 4. The summed E-state index contributed by atoms with van der Waals surface area (Å²) in [6.07, 6.45) is 7.43. The van der Waals surface area contributed by atoms with E-state index in [2.05, 4.69) is 21.3 Å². The predicted octanol–water partition coefficient (Wildman–Crippen LogP) is 6.32. The molecule has 8 heteroatoms. The minimum Gasteiger partial charge on any atom is -0.383 e. The zero-order valence-electron chi connectivity index (χ0n) is 20.7. The van der Waals surface area contributed by atoms with Gasteiger partial charge in [-0.1, -0.05) is 41.9 Å². The van der Waals surface area contributed by atoms with Gasteiger partial charge in [0.15, 0.2) is 0 Å². The van der Waals surface area contributed by atoms with Gasteiger partial charge in [-0.15, -0.1) is 0 Å². The molecule has 0 atom stereocenters. The maximum Gasteiger partial charge on any atom is 0.253 e. The van der Waals surface area contributed by atoms with Crippen molar-refractivity contribution in [1.29, 1.82) is 0 Å². The summed E-state index contributed by atoms with van der Waals surface area (Å²) in [7, 11) is 0. The van der Waals surface area contributed by atoms with Crippen LogP contribution in [0.1, 0.15) is 29.2 Å². The number of aromatic amines is 1. The smallest absolute Gasteiger partial charge is 0.253 e. The second kappa shape index (κ2) is 10.2. The summed E-state index contributed by atoms with van der Waals surface area (Å²) in [4.78, 5) is 22.6. The number of benzene rings is 2. The van der Waals surface area contributed by atoms with Crippen LogP contribution in [0.2, 0.25) is 5.02 Å². The lowest BCUT2D eigenvalue weighted by atomic mass is 10.0. The molecule has 0 radical (unpaired) electrons. The molecule has 1 aliphatic rings. The number of pyridine rings is 1. The second-order valence-electron chi connectivity index (χ2n) is 9.55. The van der Waals surface area contributed by atoms with Crippen molar-refractivity contribution < 1.29 is 4.79 Å². The molecule has 3 aromatic heterocycles. The van der Waals surface area contributed by atoms with E-state index in [4.69, 9.17) is 17.3 Å². The molecule has 3 N–H and O–H groups in total. The number of rotatable bonds is 5. The highest BCUT2D eigenvalue weighted by Gasteiger charge is 2.25. The van der Waals surface area contributed by atoms with E-state index in [0.717, 1.165) is 52.0 Å². The van der Waals surface area contributed by atoms with E-state index in [1.54, 1.807) is 6.20 Å². The highest BCUT2D eigenvalue weighted by atomic mass is 35.5. The first-order valence-corrected chi connectivity index (χ1v) is 13.0. The fourth-order valence-electron chi connectivity index (χ4n) is 4.98. The molecule has 7 nitrogen and oxygen atoms in total. The van der Waals surface area contributed by atoms with Crippen molar-refractivity contribution in [3.8, 4) is 33.6 Å². The molecule has 0 spiro atoms. The molecular formula is C30H27ClN6O. The van der Waals surface area contributed by atoms with E-state index in [1.165, 1.54) is 0 Å². The van der Waals surface area contributed by atoms with E-state index < -0.39 is 0 Å². The summed E-state index contributed by atoms with van der Waals surface area (Å²) in [5, 5.41) is 5.36. The molecule has 1 saturated heterocycles. The van der Waals surface area contributed by atoms with Crippen molar-refractivity contribution in [3.63, 3.8) is 0 Å². The molecule has 2 aromatic carbocycles. The van der Waals surface area contributed by atoms with Crippen LogP contribution in [0.3, 0.4) is 0 Å². The Balaban J connectivity index is 1.17. The zero-order chi connectivity index (χ0) is 26.1. The monoisotopic (exact) mass is 522 g/mol. The molecule has 0 unspecified atom stereocenters. The first-order chi connectivity index (χ1) is 18.5. The minimum absolute atomic E-state index is 0.0919. The first kappa shape index (κ1) is 24.0. The fourth-order valence-corrected chi connectivity index (χ4v) is 5.11. The van der Waals surface area contributed by atoms with Crippen molar-refractivity contribution in [1.82, 2.24) is 24.6 Å². The Morgan fingerprint density at radius 3 is 2.39 bits per heavy atom. The van der Waals surface area contributed by atoms with Gasteiger partial charge in [-0.2, -0.15) is 5.10 Å². The summed E-state index contributed by atoms with van der Waals surface area (Å²) in [5.74, 6) is 0.551. The number of hydrogen-bond donors (Lipinski definition) is 2. The van der Waals surface area contributed by atoms with Crippen LogP contribution in [0, 0.1) is 0 Å². The normalized spacial score (nSPS) is 14.1. The molecule has 38 heavy (non-hydrogen) atoms. The number of carbonyl (C=O) groups is 1. The van der Waals surface area contributed by atoms with Crippen LogP contribution in [0.15, 0.2) is 91.4 Å². The molecule has 1 aliphatic heterocycles. The third-order valence-electron chi connectivity index (χ3n) is 7.13. The van der Waals surface area contributed by atoms with Crippen molar-refractivity contribution >= 4 is 23.3 Å². The minimum atomic E-state index is 0.0919. The van der Waals surface area contributed by atoms with Gasteiger partial charge < -0.3 is 15.6 Å². The third-order valence-corrected chi connectivity index (χ3v) is 7.38. The summed E-state index contributed by atoms with van der Waals surface area (Å²) in [6.45, 7) is 1.42. The van der Waals surface area contributed by atoms with E-state index in [0.29, 0.717) is 23.9 Å². The van der Waals surface area contributed by atoms with Gasteiger partial charge in [0.2, 0.25) is 0 Å². The third kappa shape index (κ3) is 4.80. The number of halogens is 1. The molecule has 1 amide bonds. The highest BCUT2D eigenvalue weighted by Crippen LogP contribution is 2.32. The number of H-pyrrole nitrogens is 1. The number of carbonyl (C=O) groups excluding carboxylic acids is 1. The van der Waals surface area contributed by atoms with Gasteiger partial charge in [0.05, 0.1) is 12.2 Å². The molecule has 6 rings (SSSR count). The van der Waals surface area contributed by atoms with Crippen LogP contribution in [-0.2, 0) is 0 Å². The average Bonchev–Trinajstić information content (AvgIpc) is 3.65. The Hall–Kier alpha value is -4.36. The Kier molecular flexibility index (Phi) is 6.43. The lowest BCUT2D eigenvalue weighted by Gasteiger charge is -2.32. The van der Waals surface area contributed by atoms with E-state index >= 15 is 0 Å². The molecule has 0 bridgehead atoms. The Labute approximate surface area is 225 Å². The lowest BCUT2D eigenvalue weighted by molar-refractivity contribution is 0.0690. The first-order valence-electron chi connectivity index (χ1n) is 12.6. The lowest BCUT2D eigenvalue weighted by Crippen LogP contribution is -2.39. The molecule has 5 aromatic rings. The maximum absolute atomic E-state index is 12.8. The molecule has 0 saturated carbocycles. The topological polar surface area (TPSA) is 92.8 Å². The van der Waals surface area contributed by atoms with Crippen LogP contribution in [0.25, 0.3) is 33.6 Å². The molecular weight excluding hydrogens is 496 g/mol. The largest absolute Gasteiger partial charge is 0.383 e. The predicted molar refractivity (Wildman–Crippen MR) is 151 cm³/mol. The molecule has 0 aliphatic carbocycles. The average molecular weight is 523 g/mol. The van der Waals surface area contributed by atoms with E-state index in [1.807, 2.05) is 88.6 Å². The number of nitrogens with one attached hydrogen (secondary N) is 1. The van der Waals surface area contributed by atoms with Crippen molar-refractivity contribution in [2.45, 2.75) is 18.9 Å². The van der Waals surface area contributed by atoms with Gasteiger partial charge in [0.1, 0.15) is 5.82 Å². The van der Waals surface area contributed by atoms with Crippen LogP contribution >= 0.6 is 11.6 Å². The molecule has 4 heterocycles. The quantitative estimate of drug-likeness (QED) is 0.282. The van der Waals surface area contributed by atoms with E-state index in [-0.39, 0.29) is 11.9 Å². The Morgan fingerprint density at radius 1 is 0.895 bits per heavy atom. The summed E-state index contributed by atoms with van der Waals surface area (Å²) in [5.41, 5.74) is 12.7. The van der Waals surface area contributed by atoms with Crippen LogP contribution in [-0.4, -0.2) is 43.6 Å². The Bertz CT molecular complexity index is 1570. The Morgan fingerprint density at radius 2 is 1.63 bits per heavy atom. The van der Waals surface area contributed by atoms with Crippen LogP contribution in [0.5, 0.6) is 0 Å². The second-order valence-corrected chi connectivity index (χ2v) is 9.98. The number of nitrogens with two attached hydrogens (primary N) is 1. The number of amides is 1. The van der Waals surface area contributed by atoms with Crippen molar-refractivity contribution in [2.24, 2.45) is 0 Å². The number of likely N-dealkylation sites (tertiary alicyclic amines) is 1. The highest BCUT2D eigenvalue weighted by molar-refractivity contribution is 6.30. The van der Waals surface area contributed by atoms with Gasteiger partial charge in [0, 0.05) is 64.1 Å². The van der Waals surface area contributed by atoms with Gasteiger partial charge in [-0.05, 0) is 60.9 Å². The number of nitrogen functional groups attached to an aromatic ring is 1. The summed E-state index contributed by atoms with van der Waals surface area (Å²) in [6, 6.07) is 23.5. The fraction of sp³-hybridized carbons (Fsp3) is 0.167. The standard InChI is InChI=1S/C30H27ClN6O/c31-24-8-6-20(7-9-24)27-10-11-28(35-27)26-16-22(17-33-29(26)32)23-18-34-37(19-23)25-12-14-36(15-13-25)30(38)21-4-2-1-3-5-21/h1-11,16-19,25,35H,12-15H2,(H2,32,33). The van der Waals surface area contributed by atoms with Gasteiger partial charge in [-0.3, -0.25) is 9.48 Å². The number of anilines is 1. The van der Waals surface area contributed by atoms with Crippen LogP contribution < -0.4 is 5.73 Å². The van der Waals surface area contributed by atoms with Crippen molar-refractivity contribution in [3.05, 3.63) is 102 Å². The molecule has 1 fully saturated rings.